The first kappa shape index (κ1) is 18.4. The van der Waals surface area contributed by atoms with Crippen LogP contribution < -0.4 is 0 Å². The van der Waals surface area contributed by atoms with E-state index in [1.165, 1.54) is 5.57 Å². The molecule has 3 fully saturated rings. The zero-order valence-corrected chi connectivity index (χ0v) is 17.2. The first-order valence-electron chi connectivity index (χ1n) is 11.1. The molecule has 0 aliphatic heterocycles. The Morgan fingerprint density at radius 1 is 1.00 bits per heavy atom. The molecule has 5 rings (SSSR count). The van der Waals surface area contributed by atoms with E-state index in [-0.39, 0.29) is 16.9 Å². The lowest BCUT2D eigenvalue weighted by Gasteiger charge is -2.56. The van der Waals surface area contributed by atoms with Crippen molar-refractivity contribution < 1.29 is 9.90 Å². The quantitative estimate of drug-likeness (QED) is 0.514. The lowest BCUT2D eigenvalue weighted by molar-refractivity contribution is -0.130. The van der Waals surface area contributed by atoms with E-state index < -0.39 is 0 Å². The van der Waals surface area contributed by atoms with Crippen molar-refractivity contribution in [2.24, 2.45) is 28.6 Å². The predicted octanol–water partition coefficient (Wildman–Crippen LogP) is 5.57. The van der Waals surface area contributed by atoms with Crippen LogP contribution in [0.15, 0.2) is 47.6 Å². The molecule has 1 aromatic carbocycles. The molecular formula is C26H32O2. The first-order valence-corrected chi connectivity index (χ1v) is 11.1. The SMILES string of the molecule is CC12CCC3C(CC=C4CC(O)CCC43C)C1CC(=Cc1ccccc1)C2=O. The molecule has 0 radical (unpaired) electrons. The van der Waals surface area contributed by atoms with E-state index in [1.807, 2.05) is 18.2 Å². The van der Waals surface area contributed by atoms with Gasteiger partial charge in [-0.15, -0.1) is 0 Å². The average molecular weight is 377 g/mol. The molecule has 6 unspecified atom stereocenters. The third kappa shape index (κ3) is 2.60. The highest BCUT2D eigenvalue weighted by Crippen LogP contribution is 2.64. The maximum absolute atomic E-state index is 13.4. The van der Waals surface area contributed by atoms with Crippen molar-refractivity contribution in [2.75, 3.05) is 0 Å². The Morgan fingerprint density at radius 2 is 1.75 bits per heavy atom. The van der Waals surface area contributed by atoms with Gasteiger partial charge in [-0.2, -0.15) is 0 Å². The van der Waals surface area contributed by atoms with Crippen molar-refractivity contribution in [1.82, 2.24) is 0 Å². The van der Waals surface area contributed by atoms with E-state index in [9.17, 15) is 9.90 Å². The lowest BCUT2D eigenvalue weighted by atomic mass is 9.48. The highest BCUT2D eigenvalue weighted by atomic mass is 16.3. The third-order valence-corrected chi connectivity index (χ3v) is 8.86. The summed E-state index contributed by atoms with van der Waals surface area (Å²) in [5.41, 5.74) is 3.73. The number of carbonyl (C=O) groups excluding carboxylic acids is 1. The van der Waals surface area contributed by atoms with Crippen LogP contribution in [0.1, 0.15) is 64.4 Å². The summed E-state index contributed by atoms with van der Waals surface area (Å²) < 4.78 is 0. The van der Waals surface area contributed by atoms with Crippen LogP contribution in [0.25, 0.3) is 6.08 Å². The second-order valence-corrected chi connectivity index (χ2v) is 10.2. The van der Waals surface area contributed by atoms with Crippen molar-refractivity contribution in [2.45, 2.75) is 64.9 Å². The van der Waals surface area contributed by atoms with Crippen LogP contribution in [-0.2, 0) is 4.79 Å². The molecule has 0 saturated heterocycles. The van der Waals surface area contributed by atoms with E-state index in [2.05, 4.69) is 38.1 Å². The summed E-state index contributed by atoms with van der Waals surface area (Å²) in [6.45, 7) is 4.69. The zero-order chi connectivity index (χ0) is 19.5. The molecule has 0 spiro atoms. The molecule has 0 bridgehead atoms. The number of carbonyl (C=O) groups is 1. The van der Waals surface area contributed by atoms with Crippen molar-refractivity contribution >= 4 is 11.9 Å². The minimum Gasteiger partial charge on any atom is -0.393 e. The Balaban J connectivity index is 1.48. The van der Waals surface area contributed by atoms with E-state index in [0.717, 1.165) is 56.1 Å². The molecule has 28 heavy (non-hydrogen) atoms. The summed E-state index contributed by atoms with van der Waals surface area (Å²) in [4.78, 5) is 13.4. The van der Waals surface area contributed by atoms with Crippen LogP contribution >= 0.6 is 0 Å². The Hall–Kier alpha value is -1.67. The summed E-state index contributed by atoms with van der Waals surface area (Å²) in [6, 6.07) is 10.3. The molecular weight excluding hydrogens is 344 g/mol. The molecule has 0 heterocycles. The number of rotatable bonds is 1. The van der Waals surface area contributed by atoms with Crippen LogP contribution in [0, 0.1) is 28.6 Å². The van der Waals surface area contributed by atoms with E-state index in [4.69, 9.17) is 0 Å². The number of Topliss-reactive ketones (excluding diaryl/α,β-unsaturated/α-hetero) is 1. The summed E-state index contributed by atoms with van der Waals surface area (Å²) in [7, 11) is 0. The first-order chi connectivity index (χ1) is 13.4. The number of aliphatic hydroxyl groups excluding tert-OH is 1. The standard InChI is InChI=1S/C26H32O2/c1-25-12-10-20(27)16-19(25)8-9-21-22(25)11-13-26(2)23(21)15-18(24(26)28)14-17-6-4-3-5-7-17/h3-8,14,20-23,27H,9-13,15-16H2,1-2H3. The van der Waals surface area contributed by atoms with E-state index in [0.29, 0.717) is 23.5 Å². The second kappa shape index (κ2) is 6.42. The summed E-state index contributed by atoms with van der Waals surface area (Å²) in [6.07, 6.45) is 11.5. The topological polar surface area (TPSA) is 37.3 Å². The molecule has 3 saturated carbocycles. The van der Waals surface area contributed by atoms with Gasteiger partial charge < -0.3 is 5.11 Å². The Kier molecular flexibility index (Phi) is 4.21. The van der Waals surface area contributed by atoms with Gasteiger partial charge in [-0.25, -0.2) is 0 Å². The largest absolute Gasteiger partial charge is 0.393 e. The van der Waals surface area contributed by atoms with Crippen LogP contribution in [0.3, 0.4) is 0 Å². The predicted molar refractivity (Wildman–Crippen MR) is 113 cm³/mol. The maximum Gasteiger partial charge on any atom is 0.165 e. The second-order valence-electron chi connectivity index (χ2n) is 10.2. The Bertz CT molecular complexity index is 850. The maximum atomic E-state index is 13.4. The normalized spacial score (nSPS) is 43.9. The molecule has 2 nitrogen and oxygen atoms in total. The van der Waals surface area contributed by atoms with Gasteiger partial charge in [-0.05, 0) is 85.3 Å². The van der Waals surface area contributed by atoms with Gasteiger partial charge in [0.25, 0.3) is 0 Å². The molecule has 0 amide bonds. The van der Waals surface area contributed by atoms with Gasteiger partial charge in [0.15, 0.2) is 5.78 Å². The van der Waals surface area contributed by atoms with Gasteiger partial charge in [0.2, 0.25) is 0 Å². The zero-order valence-electron chi connectivity index (χ0n) is 17.2. The third-order valence-electron chi connectivity index (χ3n) is 8.86. The summed E-state index contributed by atoms with van der Waals surface area (Å²) in [5.74, 6) is 2.14. The van der Waals surface area contributed by atoms with E-state index in [1.54, 1.807) is 0 Å². The lowest BCUT2D eigenvalue weighted by Crippen LogP contribution is -2.50. The molecule has 148 valence electrons. The van der Waals surface area contributed by atoms with Gasteiger partial charge in [0.1, 0.15) is 0 Å². The Labute approximate surface area is 168 Å². The highest BCUT2D eigenvalue weighted by molar-refractivity contribution is 6.05. The summed E-state index contributed by atoms with van der Waals surface area (Å²) >= 11 is 0. The molecule has 2 heteroatoms. The van der Waals surface area contributed by atoms with Gasteiger partial charge in [-0.1, -0.05) is 55.8 Å². The van der Waals surface area contributed by atoms with Crippen LogP contribution in [0.2, 0.25) is 0 Å². The van der Waals surface area contributed by atoms with Gasteiger partial charge >= 0.3 is 0 Å². The number of allylic oxidation sites excluding steroid dienone is 2. The van der Waals surface area contributed by atoms with Crippen molar-refractivity contribution in [1.29, 1.82) is 0 Å². The smallest absolute Gasteiger partial charge is 0.165 e. The number of fused-ring (bicyclic) bond motifs is 5. The van der Waals surface area contributed by atoms with E-state index >= 15 is 0 Å². The minimum atomic E-state index is -0.183. The summed E-state index contributed by atoms with van der Waals surface area (Å²) in [5, 5.41) is 10.2. The highest BCUT2D eigenvalue weighted by Gasteiger charge is 2.59. The number of benzene rings is 1. The fourth-order valence-corrected chi connectivity index (χ4v) is 7.19. The minimum absolute atomic E-state index is 0.154. The Morgan fingerprint density at radius 3 is 2.54 bits per heavy atom. The van der Waals surface area contributed by atoms with Gasteiger partial charge in [0.05, 0.1) is 6.10 Å². The fraction of sp³-hybridized carbons (Fsp3) is 0.577. The average Bonchev–Trinajstić information content (AvgIpc) is 2.94. The monoisotopic (exact) mass is 376 g/mol. The number of aliphatic hydroxyl groups is 1. The molecule has 6 atom stereocenters. The van der Waals surface area contributed by atoms with Crippen molar-refractivity contribution in [3.63, 3.8) is 0 Å². The van der Waals surface area contributed by atoms with Crippen LogP contribution in [-0.4, -0.2) is 17.0 Å². The molecule has 4 aliphatic rings. The number of hydrogen-bond acceptors (Lipinski definition) is 2. The number of hydrogen-bond donors (Lipinski definition) is 1. The molecule has 1 aromatic rings. The molecule has 0 aromatic heterocycles. The van der Waals surface area contributed by atoms with Gasteiger partial charge in [-0.3, -0.25) is 4.79 Å². The van der Waals surface area contributed by atoms with Crippen LogP contribution in [0.4, 0.5) is 0 Å². The molecule has 1 N–H and O–H groups in total. The molecule has 4 aliphatic carbocycles. The fourth-order valence-electron chi connectivity index (χ4n) is 7.19. The van der Waals surface area contributed by atoms with Crippen molar-refractivity contribution in [3.05, 3.63) is 53.1 Å². The van der Waals surface area contributed by atoms with Crippen molar-refractivity contribution in [3.8, 4) is 0 Å². The van der Waals surface area contributed by atoms with Gasteiger partial charge in [0, 0.05) is 5.41 Å². The van der Waals surface area contributed by atoms with Crippen LogP contribution in [0.5, 0.6) is 0 Å². The number of ketones is 1.